The van der Waals surface area contributed by atoms with Gasteiger partial charge >= 0.3 is 5.69 Å². The zero-order valence-corrected chi connectivity index (χ0v) is 18.0. The summed E-state index contributed by atoms with van der Waals surface area (Å²) in [5.74, 6) is 0.410. The highest BCUT2D eigenvalue weighted by atomic mass is 16.3. The van der Waals surface area contributed by atoms with E-state index in [0.29, 0.717) is 34.8 Å². The number of aromatic nitrogens is 7. The number of hydrogen-bond donors (Lipinski definition) is 5. The van der Waals surface area contributed by atoms with E-state index in [4.69, 9.17) is 9.98 Å². The zero-order valence-electron chi connectivity index (χ0n) is 18.0. The van der Waals surface area contributed by atoms with Gasteiger partial charge in [-0.25, -0.2) is 9.78 Å². The van der Waals surface area contributed by atoms with E-state index < -0.39 is 5.69 Å². The van der Waals surface area contributed by atoms with Crippen LogP contribution in [0.1, 0.15) is 24.1 Å². The summed E-state index contributed by atoms with van der Waals surface area (Å²) in [6, 6.07) is 10.3. The van der Waals surface area contributed by atoms with Gasteiger partial charge in [-0.15, -0.1) is 0 Å². The third-order valence-corrected chi connectivity index (χ3v) is 5.66. The summed E-state index contributed by atoms with van der Waals surface area (Å²) in [7, 11) is 0. The molecule has 0 bridgehead atoms. The molecule has 11 nitrogen and oxygen atoms in total. The van der Waals surface area contributed by atoms with E-state index in [1.807, 2.05) is 24.4 Å². The average Bonchev–Trinajstić information content (AvgIpc) is 3.20. The summed E-state index contributed by atoms with van der Waals surface area (Å²) < 4.78 is 1.68. The fourth-order valence-electron chi connectivity index (χ4n) is 3.83. The molecule has 0 radical (unpaired) electrons. The van der Waals surface area contributed by atoms with Gasteiger partial charge in [0.1, 0.15) is 11.5 Å². The van der Waals surface area contributed by atoms with E-state index >= 15 is 0 Å². The van der Waals surface area contributed by atoms with Crippen LogP contribution in [-0.2, 0) is 6.54 Å². The van der Waals surface area contributed by atoms with Crippen LogP contribution in [0.2, 0.25) is 0 Å². The second-order valence-corrected chi connectivity index (χ2v) is 8.18. The average molecular weight is 455 g/mol. The van der Waals surface area contributed by atoms with E-state index in [-0.39, 0.29) is 11.6 Å². The Morgan fingerprint density at radius 2 is 2.12 bits per heavy atom. The van der Waals surface area contributed by atoms with Gasteiger partial charge in [-0.05, 0) is 30.0 Å². The smallest absolute Gasteiger partial charge is 0.326 e. The standard InChI is InChI=1S/C23H21N9O2/c33-22-18(29-23(34)31-22)7-14-12-27-32-20(28-16-5-6-16)8-19(30-21(14)32)24-9-13-3-1-2-4-17(13)15-10-25-26-11-15/h1-4,7-8,10-12,16,24,33H,5-6,9H2,(H,25,26)(H2,29,31,34)/b14-7-,28-20?. The van der Waals surface area contributed by atoms with Gasteiger partial charge in [-0.3, -0.25) is 15.1 Å². The highest BCUT2D eigenvalue weighted by Crippen LogP contribution is 2.24. The molecule has 6 rings (SSSR count). The van der Waals surface area contributed by atoms with Crippen molar-refractivity contribution in [3.05, 3.63) is 81.4 Å². The molecule has 1 saturated carbocycles. The molecule has 11 heteroatoms. The van der Waals surface area contributed by atoms with Crippen LogP contribution in [0.15, 0.2) is 58.7 Å². The van der Waals surface area contributed by atoms with Crippen molar-refractivity contribution in [1.82, 2.24) is 34.8 Å². The number of fused-ring (bicyclic) bond motifs is 1. The first kappa shape index (κ1) is 20.0. The van der Waals surface area contributed by atoms with Crippen molar-refractivity contribution in [2.75, 3.05) is 5.32 Å². The number of benzene rings is 1. The second-order valence-electron chi connectivity index (χ2n) is 8.18. The molecular weight excluding hydrogens is 434 g/mol. The second kappa shape index (κ2) is 8.03. The van der Waals surface area contributed by atoms with Crippen LogP contribution in [0.4, 0.5) is 5.82 Å². The van der Waals surface area contributed by atoms with Crippen LogP contribution >= 0.6 is 0 Å². The summed E-state index contributed by atoms with van der Waals surface area (Å²) in [5, 5.41) is 25.4. The Morgan fingerprint density at radius 3 is 2.88 bits per heavy atom. The van der Waals surface area contributed by atoms with Gasteiger partial charge in [0.2, 0.25) is 5.88 Å². The minimum atomic E-state index is -0.490. The topological polar surface area (TPSA) is 152 Å². The number of imidazole rings is 1. The number of H-pyrrole nitrogens is 3. The first-order chi connectivity index (χ1) is 16.6. The quantitative estimate of drug-likeness (QED) is 0.258. The minimum absolute atomic E-state index is 0.239. The van der Waals surface area contributed by atoms with Gasteiger partial charge in [-0.1, -0.05) is 24.3 Å². The molecule has 1 aliphatic carbocycles. The van der Waals surface area contributed by atoms with Gasteiger partial charge in [0.15, 0.2) is 11.1 Å². The van der Waals surface area contributed by atoms with Crippen molar-refractivity contribution < 1.29 is 5.11 Å². The molecule has 0 unspecified atom stereocenters. The molecule has 0 amide bonds. The normalized spacial score (nSPS) is 14.8. The Labute approximate surface area is 191 Å². The van der Waals surface area contributed by atoms with Crippen molar-refractivity contribution in [3.63, 3.8) is 0 Å². The van der Waals surface area contributed by atoms with E-state index in [0.717, 1.165) is 29.5 Å². The van der Waals surface area contributed by atoms with Crippen molar-refractivity contribution in [2.45, 2.75) is 25.4 Å². The van der Waals surface area contributed by atoms with Crippen LogP contribution < -0.4 is 21.7 Å². The maximum atomic E-state index is 11.5. The van der Waals surface area contributed by atoms with Crippen LogP contribution in [0.25, 0.3) is 22.9 Å². The molecule has 4 aromatic heterocycles. The lowest BCUT2D eigenvalue weighted by atomic mass is 10.0. The van der Waals surface area contributed by atoms with Gasteiger partial charge in [0.05, 0.1) is 18.4 Å². The molecule has 34 heavy (non-hydrogen) atoms. The fourth-order valence-corrected chi connectivity index (χ4v) is 3.83. The van der Waals surface area contributed by atoms with Gasteiger partial charge in [0.25, 0.3) is 0 Å². The largest absolute Gasteiger partial charge is 0.493 e. The highest BCUT2D eigenvalue weighted by Gasteiger charge is 2.20. The third-order valence-electron chi connectivity index (χ3n) is 5.66. The molecule has 0 aliphatic heterocycles. The van der Waals surface area contributed by atoms with Crippen LogP contribution in [0.3, 0.4) is 0 Å². The van der Waals surface area contributed by atoms with Crippen molar-refractivity contribution in [3.8, 4) is 17.0 Å². The van der Waals surface area contributed by atoms with Gasteiger partial charge in [0, 0.05) is 29.6 Å². The molecule has 0 atom stereocenters. The molecule has 1 aromatic carbocycles. The minimum Gasteiger partial charge on any atom is -0.493 e. The van der Waals surface area contributed by atoms with E-state index in [1.165, 1.54) is 0 Å². The van der Waals surface area contributed by atoms with Crippen molar-refractivity contribution >= 4 is 17.5 Å². The molecule has 4 heterocycles. The van der Waals surface area contributed by atoms with Gasteiger partial charge in [-0.2, -0.15) is 14.7 Å². The Hall–Kier alpha value is -4.67. The molecule has 1 aliphatic rings. The van der Waals surface area contributed by atoms with Gasteiger partial charge < -0.3 is 15.4 Å². The lowest BCUT2D eigenvalue weighted by molar-refractivity contribution is 0.454. The number of aromatic amines is 3. The summed E-state index contributed by atoms with van der Waals surface area (Å²) in [6.07, 6.45) is 9.04. The first-order valence-electron chi connectivity index (χ1n) is 10.9. The van der Waals surface area contributed by atoms with E-state index in [9.17, 15) is 9.90 Å². The molecule has 5 N–H and O–H groups in total. The molecule has 0 spiro atoms. The lowest BCUT2D eigenvalue weighted by Crippen LogP contribution is -2.20. The first-order valence-corrected chi connectivity index (χ1v) is 10.9. The number of anilines is 1. The highest BCUT2D eigenvalue weighted by molar-refractivity contribution is 5.66. The van der Waals surface area contributed by atoms with Crippen molar-refractivity contribution in [1.29, 1.82) is 0 Å². The maximum Gasteiger partial charge on any atom is 0.326 e. The molecule has 170 valence electrons. The van der Waals surface area contributed by atoms with E-state index in [2.05, 4.69) is 42.7 Å². The lowest BCUT2D eigenvalue weighted by Gasteiger charge is -2.10. The molecule has 5 aromatic rings. The summed E-state index contributed by atoms with van der Waals surface area (Å²) in [4.78, 5) is 25.9. The summed E-state index contributed by atoms with van der Waals surface area (Å²) >= 11 is 0. The number of rotatable bonds is 6. The van der Waals surface area contributed by atoms with Crippen molar-refractivity contribution in [2.24, 2.45) is 4.99 Å². The zero-order chi connectivity index (χ0) is 23.1. The summed E-state index contributed by atoms with van der Waals surface area (Å²) in [5.41, 5.74) is 4.22. The number of nitrogens with zero attached hydrogens (tertiary/aromatic N) is 5. The monoisotopic (exact) mass is 455 g/mol. The Morgan fingerprint density at radius 1 is 1.24 bits per heavy atom. The Balaban J connectivity index is 1.41. The third kappa shape index (κ3) is 3.83. The molecule has 1 fully saturated rings. The predicted octanol–water partition coefficient (Wildman–Crippen LogP) is 1.06. The predicted molar refractivity (Wildman–Crippen MR) is 125 cm³/mol. The van der Waals surface area contributed by atoms with Crippen LogP contribution in [0.5, 0.6) is 5.88 Å². The molecular formula is C23H21N9O2. The SMILES string of the molecule is O=c1[nH]c(O)c(/C=c2/cnn3c(=NC4CC4)cc(NCc4ccccc4-c4cn[nH]c4)nc23)[nH]1. The number of hydrogen-bond acceptors (Lipinski definition) is 7. The molecule has 0 saturated heterocycles. The van der Waals surface area contributed by atoms with Crippen LogP contribution in [-0.4, -0.2) is 45.9 Å². The Kier molecular flexibility index (Phi) is 4.72. The van der Waals surface area contributed by atoms with Crippen LogP contribution in [0, 0.1) is 0 Å². The number of nitrogens with one attached hydrogen (secondary N) is 4. The number of aromatic hydroxyl groups is 1. The van der Waals surface area contributed by atoms with E-state index in [1.54, 1.807) is 23.0 Å². The maximum absolute atomic E-state index is 11.5. The Bertz CT molecular complexity index is 1660. The fraction of sp³-hybridized carbons (Fsp3) is 0.174. The summed E-state index contributed by atoms with van der Waals surface area (Å²) in [6.45, 7) is 0.548.